The van der Waals surface area contributed by atoms with E-state index < -0.39 is 54.0 Å². The van der Waals surface area contributed by atoms with Crippen LogP contribution in [0, 0.1) is 0 Å². The van der Waals surface area contributed by atoms with Crippen molar-refractivity contribution in [2.45, 2.75) is 77.0 Å². The van der Waals surface area contributed by atoms with Gasteiger partial charge in [0.05, 0.1) is 20.3 Å². The molecule has 0 saturated carbocycles. The zero-order valence-corrected chi connectivity index (χ0v) is 24.4. The van der Waals surface area contributed by atoms with Crippen LogP contribution in [-0.4, -0.2) is 104 Å². The predicted molar refractivity (Wildman–Crippen MR) is 146 cm³/mol. The van der Waals surface area contributed by atoms with Gasteiger partial charge >= 0.3 is 18.2 Å². The number of hydrogen-bond donors (Lipinski definition) is 2. The standard InChI is InChI=1S/C28H42N4O9/c1-6-38-23(21-17-31(15-16-39-21)27(36)40-18-19-11-8-7-9-12-19)22(29-26(35)41-28(2,3)4)24(33)32-14-10-13-20(30-32)25(34)37-5/h7-9,11-12,20-23,30H,6,10,13-18H2,1-5H3,(H,29,35)/t20-,21+,22-,23+/m0/s1. The monoisotopic (exact) mass is 578 g/mol. The summed E-state index contributed by atoms with van der Waals surface area (Å²) in [6, 6.07) is 7.34. The number of nitrogens with one attached hydrogen (secondary N) is 2. The zero-order valence-electron chi connectivity index (χ0n) is 24.4. The average molecular weight is 579 g/mol. The van der Waals surface area contributed by atoms with Gasteiger partial charge in [-0.25, -0.2) is 15.0 Å². The van der Waals surface area contributed by atoms with E-state index in [9.17, 15) is 19.2 Å². The minimum absolute atomic E-state index is 0.0658. The minimum Gasteiger partial charge on any atom is -0.468 e. The van der Waals surface area contributed by atoms with Crippen LogP contribution in [0.3, 0.4) is 0 Å². The lowest BCUT2D eigenvalue weighted by Crippen LogP contribution is -2.66. The molecule has 2 aliphatic rings. The molecule has 0 radical (unpaired) electrons. The fraction of sp³-hybridized carbons (Fsp3) is 0.643. The van der Waals surface area contributed by atoms with Crippen LogP contribution in [0.1, 0.15) is 46.1 Å². The summed E-state index contributed by atoms with van der Waals surface area (Å²) in [7, 11) is 1.28. The van der Waals surface area contributed by atoms with Gasteiger partial charge in [-0.1, -0.05) is 30.3 Å². The molecule has 0 aliphatic carbocycles. The molecule has 3 rings (SSSR count). The maximum Gasteiger partial charge on any atom is 0.410 e. The lowest BCUT2D eigenvalue weighted by molar-refractivity contribution is -0.157. The summed E-state index contributed by atoms with van der Waals surface area (Å²) in [5, 5.41) is 3.94. The maximum atomic E-state index is 13.9. The third kappa shape index (κ3) is 9.58. The molecule has 0 bridgehead atoms. The molecule has 228 valence electrons. The molecule has 0 aromatic heterocycles. The SMILES string of the molecule is CCO[C@@H]([C@H](NC(=O)OC(C)(C)C)C(=O)N1CCC[C@@H](C(=O)OC)N1)[C@H]1CN(C(=O)OCc2ccccc2)CCO1. The topological polar surface area (TPSA) is 145 Å². The number of hydrazine groups is 1. The van der Waals surface area contributed by atoms with Crippen LogP contribution in [0.2, 0.25) is 0 Å². The summed E-state index contributed by atoms with van der Waals surface area (Å²) in [5.74, 6) is -1.05. The first kappa shape index (κ1) is 32.1. The molecule has 13 heteroatoms. The summed E-state index contributed by atoms with van der Waals surface area (Å²) >= 11 is 0. The number of nitrogens with zero attached hydrogens (tertiary/aromatic N) is 2. The number of ether oxygens (including phenoxy) is 5. The minimum atomic E-state index is -1.26. The molecule has 0 unspecified atom stereocenters. The number of benzene rings is 1. The third-order valence-electron chi connectivity index (χ3n) is 6.49. The van der Waals surface area contributed by atoms with Crippen molar-refractivity contribution in [3.63, 3.8) is 0 Å². The number of alkyl carbamates (subject to hydrolysis) is 1. The molecule has 2 N–H and O–H groups in total. The van der Waals surface area contributed by atoms with E-state index in [-0.39, 0.29) is 32.9 Å². The Kier molecular flexibility index (Phi) is 11.7. The molecular weight excluding hydrogens is 536 g/mol. The number of methoxy groups -OCH3 is 1. The quantitative estimate of drug-likeness (QED) is 0.330. The molecule has 41 heavy (non-hydrogen) atoms. The summed E-state index contributed by atoms with van der Waals surface area (Å²) in [6.07, 6.45) is -2.10. The number of amides is 3. The second-order valence-electron chi connectivity index (χ2n) is 10.8. The van der Waals surface area contributed by atoms with Crippen molar-refractivity contribution < 1.29 is 42.9 Å². The van der Waals surface area contributed by atoms with Crippen LogP contribution < -0.4 is 10.7 Å². The van der Waals surface area contributed by atoms with E-state index in [1.807, 2.05) is 30.3 Å². The normalized spacial score (nSPS) is 20.9. The molecule has 1 aromatic carbocycles. The van der Waals surface area contributed by atoms with Gasteiger partial charge in [-0.05, 0) is 46.1 Å². The van der Waals surface area contributed by atoms with E-state index >= 15 is 0 Å². The fourth-order valence-electron chi connectivity index (χ4n) is 4.61. The van der Waals surface area contributed by atoms with Crippen molar-refractivity contribution in [1.82, 2.24) is 20.7 Å². The Morgan fingerprint density at radius 1 is 1.15 bits per heavy atom. The van der Waals surface area contributed by atoms with E-state index in [0.717, 1.165) is 5.56 Å². The molecule has 2 heterocycles. The van der Waals surface area contributed by atoms with Crippen LogP contribution in [-0.2, 0) is 39.9 Å². The molecule has 0 spiro atoms. The van der Waals surface area contributed by atoms with Crippen LogP contribution in [0.15, 0.2) is 30.3 Å². The van der Waals surface area contributed by atoms with E-state index in [1.165, 1.54) is 17.0 Å². The Hall–Kier alpha value is -3.42. The van der Waals surface area contributed by atoms with Crippen molar-refractivity contribution in [3.8, 4) is 0 Å². The average Bonchev–Trinajstić information content (AvgIpc) is 2.96. The second kappa shape index (κ2) is 15.0. The van der Waals surface area contributed by atoms with Crippen LogP contribution >= 0.6 is 0 Å². The predicted octanol–water partition coefficient (Wildman–Crippen LogP) is 1.99. The van der Waals surface area contributed by atoms with E-state index in [1.54, 1.807) is 27.7 Å². The highest BCUT2D eigenvalue weighted by Crippen LogP contribution is 2.20. The number of rotatable bonds is 9. The van der Waals surface area contributed by atoms with Gasteiger partial charge in [0.15, 0.2) is 0 Å². The molecule has 4 atom stereocenters. The molecule has 3 amide bonds. The first-order valence-corrected chi connectivity index (χ1v) is 13.9. The summed E-state index contributed by atoms with van der Waals surface area (Å²) in [5.41, 5.74) is 2.93. The van der Waals surface area contributed by atoms with Gasteiger partial charge in [0, 0.05) is 19.7 Å². The Labute approximate surface area is 240 Å². The molecule has 2 saturated heterocycles. The molecule has 2 aliphatic heterocycles. The molecule has 1 aromatic rings. The number of carbonyl (C=O) groups is 4. The van der Waals surface area contributed by atoms with E-state index in [4.69, 9.17) is 23.7 Å². The van der Waals surface area contributed by atoms with Gasteiger partial charge in [0.25, 0.3) is 5.91 Å². The van der Waals surface area contributed by atoms with Crippen LogP contribution in [0.5, 0.6) is 0 Å². The Bertz CT molecular complexity index is 1030. The highest BCUT2D eigenvalue weighted by molar-refractivity contribution is 5.87. The van der Waals surface area contributed by atoms with Crippen molar-refractivity contribution in [2.24, 2.45) is 0 Å². The molecule has 2 fully saturated rings. The highest BCUT2D eigenvalue weighted by Gasteiger charge is 2.43. The summed E-state index contributed by atoms with van der Waals surface area (Å²) < 4.78 is 27.7. The van der Waals surface area contributed by atoms with Crippen LogP contribution in [0.25, 0.3) is 0 Å². The second-order valence-corrected chi connectivity index (χ2v) is 10.8. The third-order valence-corrected chi connectivity index (χ3v) is 6.49. The van der Waals surface area contributed by atoms with E-state index in [2.05, 4.69) is 10.7 Å². The Balaban J connectivity index is 1.79. The van der Waals surface area contributed by atoms with Gasteiger partial charge < -0.3 is 33.9 Å². The number of hydrogen-bond acceptors (Lipinski definition) is 10. The Morgan fingerprint density at radius 3 is 2.54 bits per heavy atom. The summed E-state index contributed by atoms with van der Waals surface area (Å²) in [4.78, 5) is 53.3. The highest BCUT2D eigenvalue weighted by atomic mass is 16.6. The first-order chi connectivity index (χ1) is 19.5. The lowest BCUT2D eigenvalue weighted by atomic mass is 10.0. The van der Waals surface area contributed by atoms with Gasteiger partial charge in [-0.2, -0.15) is 0 Å². The number of carbonyl (C=O) groups excluding carboxylic acids is 4. The molecular formula is C28H42N4O9. The lowest BCUT2D eigenvalue weighted by Gasteiger charge is -2.41. The summed E-state index contributed by atoms with van der Waals surface area (Å²) in [6.45, 7) is 8.00. The van der Waals surface area contributed by atoms with Crippen molar-refractivity contribution in [2.75, 3.05) is 40.0 Å². The zero-order chi connectivity index (χ0) is 30.0. The maximum absolute atomic E-state index is 13.9. The largest absolute Gasteiger partial charge is 0.468 e. The number of esters is 1. The van der Waals surface area contributed by atoms with Gasteiger partial charge in [-0.3, -0.25) is 14.6 Å². The van der Waals surface area contributed by atoms with E-state index in [0.29, 0.717) is 19.4 Å². The van der Waals surface area contributed by atoms with Gasteiger partial charge in [0.2, 0.25) is 0 Å². The Morgan fingerprint density at radius 2 is 1.88 bits per heavy atom. The van der Waals surface area contributed by atoms with Crippen LogP contribution in [0.4, 0.5) is 9.59 Å². The van der Waals surface area contributed by atoms with Gasteiger partial charge in [-0.15, -0.1) is 0 Å². The first-order valence-electron chi connectivity index (χ1n) is 13.9. The van der Waals surface area contributed by atoms with Crippen molar-refractivity contribution in [3.05, 3.63) is 35.9 Å². The smallest absolute Gasteiger partial charge is 0.410 e. The number of morpholine rings is 1. The fourth-order valence-corrected chi connectivity index (χ4v) is 4.61. The van der Waals surface area contributed by atoms with Crippen molar-refractivity contribution in [1.29, 1.82) is 0 Å². The van der Waals surface area contributed by atoms with Crippen molar-refractivity contribution >= 4 is 24.1 Å². The van der Waals surface area contributed by atoms with Gasteiger partial charge in [0.1, 0.15) is 36.5 Å². The molecule has 13 nitrogen and oxygen atoms in total.